The van der Waals surface area contributed by atoms with Gasteiger partial charge in [0.15, 0.2) is 0 Å². The summed E-state index contributed by atoms with van der Waals surface area (Å²) >= 11 is 0. The molecule has 17 heavy (non-hydrogen) atoms. The molecular weight excluding hydrogens is 226 g/mol. The van der Waals surface area contributed by atoms with Gasteiger partial charge in [0.05, 0.1) is 7.11 Å². The van der Waals surface area contributed by atoms with E-state index in [9.17, 15) is 14.4 Å². The van der Waals surface area contributed by atoms with Crippen molar-refractivity contribution in [2.45, 2.75) is 25.8 Å². The van der Waals surface area contributed by atoms with E-state index < -0.39 is 12.1 Å². The third kappa shape index (κ3) is 6.39. The van der Waals surface area contributed by atoms with E-state index in [0.29, 0.717) is 13.0 Å². The van der Waals surface area contributed by atoms with Gasteiger partial charge in [-0.1, -0.05) is 0 Å². The summed E-state index contributed by atoms with van der Waals surface area (Å²) < 4.78 is 4.48. The van der Waals surface area contributed by atoms with Gasteiger partial charge in [-0.05, 0) is 13.3 Å². The molecule has 0 aromatic carbocycles. The Morgan fingerprint density at radius 1 is 1.41 bits per heavy atom. The van der Waals surface area contributed by atoms with Crippen molar-refractivity contribution < 1.29 is 19.1 Å². The molecule has 1 unspecified atom stereocenters. The number of esters is 1. The fourth-order valence-corrected chi connectivity index (χ4v) is 1.28. The molecule has 7 heteroatoms. The van der Waals surface area contributed by atoms with Crippen molar-refractivity contribution in [3.63, 3.8) is 0 Å². The van der Waals surface area contributed by atoms with Crippen LogP contribution in [0.1, 0.15) is 19.8 Å². The number of primary amides is 1. The Labute approximate surface area is 100 Å². The maximum absolute atomic E-state index is 11.7. The number of amides is 3. The Bertz CT molecular complexity index is 293. The maximum Gasteiger partial charge on any atom is 0.312 e. The van der Waals surface area contributed by atoms with Crippen LogP contribution in [0.3, 0.4) is 0 Å². The van der Waals surface area contributed by atoms with Gasteiger partial charge in [0, 0.05) is 20.0 Å². The number of hydrogen-bond donors (Lipinski definition) is 2. The van der Waals surface area contributed by atoms with Crippen molar-refractivity contribution in [3.05, 3.63) is 0 Å². The summed E-state index contributed by atoms with van der Waals surface area (Å²) in [4.78, 5) is 34.5. The van der Waals surface area contributed by atoms with E-state index in [1.165, 1.54) is 12.0 Å². The van der Waals surface area contributed by atoms with E-state index in [0.717, 1.165) is 0 Å². The molecule has 3 amide bonds. The van der Waals surface area contributed by atoms with Crippen LogP contribution in [0, 0.1) is 0 Å². The Morgan fingerprint density at radius 3 is 2.47 bits per heavy atom. The first-order chi connectivity index (χ1) is 7.88. The van der Waals surface area contributed by atoms with Gasteiger partial charge in [-0.2, -0.15) is 0 Å². The molecule has 0 saturated carbocycles. The molecule has 0 saturated heterocycles. The molecule has 0 heterocycles. The topological polar surface area (TPSA) is 102 Å². The van der Waals surface area contributed by atoms with Gasteiger partial charge in [0.25, 0.3) is 0 Å². The van der Waals surface area contributed by atoms with Crippen molar-refractivity contribution in [2.24, 2.45) is 5.73 Å². The zero-order chi connectivity index (χ0) is 13.4. The van der Waals surface area contributed by atoms with E-state index in [1.807, 2.05) is 0 Å². The van der Waals surface area contributed by atoms with Crippen LogP contribution in [0.25, 0.3) is 0 Å². The van der Waals surface area contributed by atoms with Gasteiger partial charge in [0.2, 0.25) is 5.91 Å². The van der Waals surface area contributed by atoms with Crippen LogP contribution in [-0.4, -0.2) is 49.6 Å². The van der Waals surface area contributed by atoms with E-state index in [4.69, 9.17) is 5.73 Å². The zero-order valence-electron chi connectivity index (χ0n) is 10.4. The second kappa shape index (κ2) is 7.48. The Kier molecular flexibility index (Phi) is 6.69. The minimum absolute atomic E-state index is 0.256. The normalized spacial score (nSPS) is 11.5. The van der Waals surface area contributed by atoms with Crippen LogP contribution in [-0.2, 0) is 14.3 Å². The molecule has 0 aliphatic carbocycles. The van der Waals surface area contributed by atoms with E-state index in [-0.39, 0.29) is 18.3 Å². The second-order valence-electron chi connectivity index (χ2n) is 3.67. The number of hydrogen-bond acceptors (Lipinski definition) is 4. The fourth-order valence-electron chi connectivity index (χ4n) is 1.28. The molecule has 0 radical (unpaired) electrons. The monoisotopic (exact) mass is 245 g/mol. The van der Waals surface area contributed by atoms with Crippen LogP contribution in [0.2, 0.25) is 0 Å². The van der Waals surface area contributed by atoms with Crippen molar-refractivity contribution in [2.75, 3.05) is 20.7 Å². The number of methoxy groups -OCH3 is 1. The van der Waals surface area contributed by atoms with E-state index in [2.05, 4.69) is 10.1 Å². The van der Waals surface area contributed by atoms with Crippen molar-refractivity contribution in [3.8, 4) is 0 Å². The highest BCUT2D eigenvalue weighted by Gasteiger charge is 2.18. The van der Waals surface area contributed by atoms with Gasteiger partial charge < -0.3 is 20.7 Å². The molecular formula is C10H19N3O4. The van der Waals surface area contributed by atoms with Gasteiger partial charge in [-0.15, -0.1) is 0 Å². The van der Waals surface area contributed by atoms with Gasteiger partial charge >= 0.3 is 12.0 Å². The summed E-state index contributed by atoms with van der Waals surface area (Å²) in [5.41, 5.74) is 4.91. The third-order valence-electron chi connectivity index (χ3n) is 2.21. The number of nitrogens with two attached hydrogens (primary N) is 1. The van der Waals surface area contributed by atoms with Crippen LogP contribution >= 0.6 is 0 Å². The number of nitrogens with zero attached hydrogens (tertiary/aromatic N) is 1. The summed E-state index contributed by atoms with van der Waals surface area (Å²) in [5.74, 6) is -0.567. The van der Waals surface area contributed by atoms with Crippen molar-refractivity contribution >= 4 is 17.9 Å². The molecule has 0 aromatic rings. The molecule has 1 atom stereocenters. The Balaban J connectivity index is 3.96. The molecule has 0 spiro atoms. The number of nitrogens with one attached hydrogen (secondary N) is 1. The second-order valence-corrected chi connectivity index (χ2v) is 3.67. The highest BCUT2D eigenvalue weighted by atomic mass is 16.5. The first-order valence-corrected chi connectivity index (χ1v) is 5.26. The average Bonchev–Trinajstić information content (AvgIpc) is 2.26. The maximum atomic E-state index is 11.7. The van der Waals surface area contributed by atoms with Crippen LogP contribution < -0.4 is 11.1 Å². The molecule has 0 aliphatic heterocycles. The number of rotatable bonds is 6. The number of carbonyl (C=O) groups is 3. The number of ether oxygens (including phenoxy) is 1. The third-order valence-corrected chi connectivity index (χ3v) is 2.21. The van der Waals surface area contributed by atoms with Crippen LogP contribution in [0.15, 0.2) is 0 Å². The highest BCUT2D eigenvalue weighted by Crippen LogP contribution is 1.98. The fraction of sp³-hybridized carbons (Fsp3) is 0.700. The Morgan fingerprint density at radius 2 is 2.00 bits per heavy atom. The highest BCUT2D eigenvalue weighted by molar-refractivity contribution is 5.86. The first-order valence-electron chi connectivity index (χ1n) is 5.26. The lowest BCUT2D eigenvalue weighted by Gasteiger charge is -2.21. The predicted molar refractivity (Wildman–Crippen MR) is 61.1 cm³/mol. The number of carbonyl (C=O) groups excluding carboxylic acids is 3. The molecule has 3 N–H and O–H groups in total. The molecule has 0 aromatic heterocycles. The minimum Gasteiger partial charge on any atom is -0.469 e. The van der Waals surface area contributed by atoms with Gasteiger partial charge in [-0.25, -0.2) is 4.79 Å². The first kappa shape index (κ1) is 15.2. The van der Waals surface area contributed by atoms with Gasteiger partial charge in [-0.3, -0.25) is 9.59 Å². The lowest BCUT2D eigenvalue weighted by molar-refractivity contribution is -0.141. The quantitative estimate of drug-likeness (QED) is 0.613. The molecule has 98 valence electrons. The van der Waals surface area contributed by atoms with E-state index in [1.54, 1.807) is 14.0 Å². The molecule has 0 rings (SSSR count). The summed E-state index contributed by atoms with van der Waals surface area (Å²) in [6.07, 6.45) is 0.768. The predicted octanol–water partition coefficient (Wildman–Crippen LogP) is -0.545. The summed E-state index contributed by atoms with van der Waals surface area (Å²) in [6, 6.07) is -1.41. The smallest absolute Gasteiger partial charge is 0.312 e. The summed E-state index contributed by atoms with van der Waals surface area (Å²) in [6.45, 7) is 1.96. The Hall–Kier alpha value is -1.79. The molecule has 7 nitrogen and oxygen atoms in total. The van der Waals surface area contributed by atoms with Crippen LogP contribution in [0.4, 0.5) is 4.79 Å². The van der Waals surface area contributed by atoms with E-state index >= 15 is 0 Å². The minimum atomic E-state index is -0.742. The summed E-state index contributed by atoms with van der Waals surface area (Å²) in [7, 11) is 2.91. The molecule has 0 bridgehead atoms. The largest absolute Gasteiger partial charge is 0.469 e. The van der Waals surface area contributed by atoms with Crippen molar-refractivity contribution in [1.29, 1.82) is 0 Å². The number of likely N-dealkylation sites (N-methyl/N-ethyl adjacent to an activating group) is 1. The average molecular weight is 245 g/mol. The van der Waals surface area contributed by atoms with Crippen molar-refractivity contribution in [1.82, 2.24) is 10.2 Å². The lowest BCUT2D eigenvalue weighted by atomic mass is 10.2. The number of urea groups is 1. The summed E-state index contributed by atoms with van der Waals surface area (Å²) in [5, 5.41) is 2.29. The lowest BCUT2D eigenvalue weighted by Crippen LogP contribution is -2.47. The SMILES string of the molecule is COC(=O)CCCN(C)C(=O)C(C)NC(N)=O. The molecule has 0 aliphatic rings. The van der Waals surface area contributed by atoms with Crippen LogP contribution in [0.5, 0.6) is 0 Å². The van der Waals surface area contributed by atoms with Gasteiger partial charge in [0.1, 0.15) is 6.04 Å². The molecule has 0 fully saturated rings. The zero-order valence-corrected chi connectivity index (χ0v) is 10.4. The standard InChI is InChI=1S/C10H19N3O4/c1-7(12-10(11)16)9(15)13(2)6-4-5-8(14)17-3/h7H,4-6H2,1-3H3,(H3,11,12,16).